The summed E-state index contributed by atoms with van der Waals surface area (Å²) in [5.74, 6) is -1.03. The third-order valence-corrected chi connectivity index (χ3v) is 2.25. The number of aromatic nitrogens is 3. The quantitative estimate of drug-likeness (QED) is 0.827. The van der Waals surface area contributed by atoms with Gasteiger partial charge in [-0.2, -0.15) is 5.10 Å². The Balaban J connectivity index is 2.55. The van der Waals surface area contributed by atoms with Crippen molar-refractivity contribution in [3.8, 4) is 11.1 Å². The fraction of sp³-hybridized carbons (Fsp3) is 0.182. The van der Waals surface area contributed by atoms with Crippen molar-refractivity contribution in [2.75, 3.05) is 0 Å². The molecular weight excluding hydrogens is 206 g/mol. The van der Waals surface area contributed by atoms with Crippen LogP contribution < -0.4 is 0 Å². The van der Waals surface area contributed by atoms with Crippen molar-refractivity contribution < 1.29 is 9.90 Å². The van der Waals surface area contributed by atoms with Crippen LogP contribution in [-0.2, 0) is 7.05 Å². The third-order valence-electron chi connectivity index (χ3n) is 2.25. The molecule has 5 heteroatoms. The van der Waals surface area contributed by atoms with E-state index >= 15 is 0 Å². The van der Waals surface area contributed by atoms with Crippen molar-refractivity contribution in [3.63, 3.8) is 0 Å². The summed E-state index contributed by atoms with van der Waals surface area (Å²) in [6.45, 7) is 1.88. The van der Waals surface area contributed by atoms with E-state index in [1.165, 1.54) is 4.68 Å². The first-order chi connectivity index (χ1) is 7.58. The van der Waals surface area contributed by atoms with E-state index in [-0.39, 0.29) is 5.69 Å². The molecule has 2 aromatic heterocycles. The molecule has 2 heterocycles. The average molecular weight is 217 g/mol. The van der Waals surface area contributed by atoms with Crippen LogP contribution in [0, 0.1) is 6.92 Å². The Morgan fingerprint density at radius 1 is 1.44 bits per heavy atom. The van der Waals surface area contributed by atoms with Gasteiger partial charge in [0.2, 0.25) is 0 Å². The molecule has 0 aromatic carbocycles. The Kier molecular flexibility index (Phi) is 2.44. The molecule has 0 radical (unpaired) electrons. The normalized spacial score (nSPS) is 10.4. The van der Waals surface area contributed by atoms with Crippen molar-refractivity contribution in [2.45, 2.75) is 6.92 Å². The molecule has 0 bridgehead atoms. The minimum atomic E-state index is -1.03. The molecule has 0 fully saturated rings. The van der Waals surface area contributed by atoms with E-state index in [1.807, 2.05) is 19.1 Å². The first-order valence-electron chi connectivity index (χ1n) is 4.78. The van der Waals surface area contributed by atoms with E-state index in [0.29, 0.717) is 5.56 Å². The molecule has 0 spiro atoms. The molecule has 1 N–H and O–H groups in total. The molecular formula is C11H11N3O2. The minimum absolute atomic E-state index is 0.0492. The summed E-state index contributed by atoms with van der Waals surface area (Å²) in [5, 5.41) is 12.9. The number of pyridine rings is 1. The highest BCUT2D eigenvalue weighted by Crippen LogP contribution is 2.21. The molecule has 0 saturated heterocycles. The molecule has 0 aliphatic rings. The average Bonchev–Trinajstić information content (AvgIpc) is 2.61. The van der Waals surface area contributed by atoms with Crippen LogP contribution >= 0.6 is 0 Å². The van der Waals surface area contributed by atoms with Crippen molar-refractivity contribution in [1.82, 2.24) is 14.8 Å². The summed E-state index contributed by atoms with van der Waals surface area (Å²) in [4.78, 5) is 15.1. The van der Waals surface area contributed by atoms with Gasteiger partial charge in [0.1, 0.15) is 0 Å². The van der Waals surface area contributed by atoms with E-state index in [2.05, 4.69) is 10.1 Å². The molecule has 2 aromatic rings. The van der Waals surface area contributed by atoms with Crippen molar-refractivity contribution in [1.29, 1.82) is 0 Å². The first-order valence-corrected chi connectivity index (χ1v) is 4.78. The zero-order valence-electron chi connectivity index (χ0n) is 9.01. The van der Waals surface area contributed by atoms with Crippen LogP contribution in [0.15, 0.2) is 24.5 Å². The summed E-state index contributed by atoms with van der Waals surface area (Å²) < 4.78 is 1.48. The van der Waals surface area contributed by atoms with E-state index in [0.717, 1.165) is 11.3 Å². The molecule has 0 unspecified atom stereocenters. The predicted molar refractivity (Wildman–Crippen MR) is 58.1 cm³/mol. The molecule has 0 atom stereocenters. The number of carbonyl (C=O) groups is 1. The van der Waals surface area contributed by atoms with Crippen LogP contribution in [0.4, 0.5) is 0 Å². The van der Waals surface area contributed by atoms with Crippen LogP contribution in [0.2, 0.25) is 0 Å². The molecule has 0 aliphatic carbocycles. The van der Waals surface area contributed by atoms with E-state index in [9.17, 15) is 4.79 Å². The standard InChI is InChI=1S/C11H11N3O2/c1-7-3-4-8(5-12-7)9-6-14(2)13-10(9)11(15)16/h3-6H,1-2H3,(H,15,16). The largest absolute Gasteiger partial charge is 0.476 e. The topological polar surface area (TPSA) is 68.0 Å². The summed E-state index contributed by atoms with van der Waals surface area (Å²) in [7, 11) is 1.69. The molecule has 2 rings (SSSR count). The van der Waals surface area contributed by atoms with E-state index in [1.54, 1.807) is 19.4 Å². The number of hydrogen-bond acceptors (Lipinski definition) is 3. The van der Waals surface area contributed by atoms with Gasteiger partial charge in [0.15, 0.2) is 5.69 Å². The fourth-order valence-corrected chi connectivity index (χ4v) is 1.48. The Labute approximate surface area is 92.4 Å². The summed E-state index contributed by atoms with van der Waals surface area (Å²) >= 11 is 0. The zero-order valence-corrected chi connectivity index (χ0v) is 9.01. The lowest BCUT2D eigenvalue weighted by atomic mass is 10.1. The first kappa shape index (κ1) is 10.4. The lowest BCUT2D eigenvalue weighted by molar-refractivity contribution is 0.0690. The number of aromatic carboxylic acids is 1. The lowest BCUT2D eigenvalue weighted by Gasteiger charge is -1.98. The van der Waals surface area contributed by atoms with Gasteiger partial charge in [0.25, 0.3) is 0 Å². The van der Waals surface area contributed by atoms with Gasteiger partial charge in [0.05, 0.1) is 0 Å². The van der Waals surface area contributed by atoms with Crippen LogP contribution in [0.25, 0.3) is 11.1 Å². The second-order valence-corrected chi connectivity index (χ2v) is 3.56. The van der Waals surface area contributed by atoms with Gasteiger partial charge in [-0.1, -0.05) is 6.07 Å². The van der Waals surface area contributed by atoms with Gasteiger partial charge in [0, 0.05) is 36.3 Å². The number of carboxylic acids is 1. The zero-order chi connectivity index (χ0) is 11.7. The number of carboxylic acid groups (broad SMARTS) is 1. The Bertz CT molecular complexity index is 529. The van der Waals surface area contributed by atoms with Crippen LogP contribution in [0.1, 0.15) is 16.2 Å². The van der Waals surface area contributed by atoms with Gasteiger partial charge >= 0.3 is 5.97 Å². The highest BCUT2D eigenvalue weighted by atomic mass is 16.4. The molecule has 5 nitrogen and oxygen atoms in total. The van der Waals surface area contributed by atoms with E-state index in [4.69, 9.17) is 5.11 Å². The monoisotopic (exact) mass is 217 g/mol. The molecule has 16 heavy (non-hydrogen) atoms. The smallest absolute Gasteiger partial charge is 0.357 e. The summed E-state index contributed by atoms with van der Waals surface area (Å²) in [6, 6.07) is 3.68. The van der Waals surface area contributed by atoms with Crippen molar-refractivity contribution in [3.05, 3.63) is 35.9 Å². The van der Waals surface area contributed by atoms with Gasteiger partial charge < -0.3 is 5.11 Å². The maximum Gasteiger partial charge on any atom is 0.357 e. The second-order valence-electron chi connectivity index (χ2n) is 3.56. The van der Waals surface area contributed by atoms with Gasteiger partial charge in [-0.25, -0.2) is 4.79 Å². The second kappa shape index (κ2) is 3.77. The molecule has 0 aliphatic heterocycles. The number of nitrogens with zero attached hydrogens (tertiary/aromatic N) is 3. The van der Waals surface area contributed by atoms with Crippen molar-refractivity contribution in [2.24, 2.45) is 7.05 Å². The number of hydrogen-bond donors (Lipinski definition) is 1. The lowest BCUT2D eigenvalue weighted by Crippen LogP contribution is -2.00. The summed E-state index contributed by atoms with van der Waals surface area (Å²) in [5.41, 5.74) is 2.29. The van der Waals surface area contributed by atoms with Crippen LogP contribution in [0.3, 0.4) is 0 Å². The third kappa shape index (κ3) is 1.79. The Morgan fingerprint density at radius 3 is 2.75 bits per heavy atom. The fourth-order valence-electron chi connectivity index (χ4n) is 1.48. The molecule has 0 saturated carbocycles. The van der Waals surface area contributed by atoms with Crippen LogP contribution in [-0.4, -0.2) is 25.8 Å². The van der Waals surface area contributed by atoms with Gasteiger partial charge in [-0.05, 0) is 13.0 Å². The maximum atomic E-state index is 11.0. The summed E-state index contributed by atoms with van der Waals surface area (Å²) in [6.07, 6.45) is 3.33. The van der Waals surface area contributed by atoms with E-state index < -0.39 is 5.97 Å². The van der Waals surface area contributed by atoms with Crippen molar-refractivity contribution >= 4 is 5.97 Å². The molecule has 82 valence electrons. The predicted octanol–water partition coefficient (Wildman–Crippen LogP) is 1.49. The Hall–Kier alpha value is -2.17. The highest BCUT2D eigenvalue weighted by molar-refractivity contribution is 5.93. The maximum absolute atomic E-state index is 11.0. The number of aryl methyl sites for hydroxylation is 2. The minimum Gasteiger partial charge on any atom is -0.476 e. The number of rotatable bonds is 2. The SMILES string of the molecule is Cc1ccc(-c2cn(C)nc2C(=O)O)cn1. The highest BCUT2D eigenvalue weighted by Gasteiger charge is 2.16. The van der Waals surface area contributed by atoms with Gasteiger partial charge in [-0.15, -0.1) is 0 Å². The Morgan fingerprint density at radius 2 is 2.19 bits per heavy atom. The van der Waals surface area contributed by atoms with Crippen LogP contribution in [0.5, 0.6) is 0 Å². The molecule has 0 amide bonds. The van der Waals surface area contributed by atoms with Gasteiger partial charge in [-0.3, -0.25) is 9.67 Å².